The van der Waals surface area contributed by atoms with Crippen LogP contribution in [0.2, 0.25) is 0 Å². The normalized spacial score (nSPS) is 11.4. The lowest BCUT2D eigenvalue weighted by atomic mass is 10.1. The molecule has 0 spiro atoms. The highest BCUT2D eigenvalue weighted by molar-refractivity contribution is 5.68. The van der Waals surface area contributed by atoms with E-state index < -0.39 is 28.9 Å². The smallest absolute Gasteiger partial charge is 0.305 e. The standard InChI is InChI=1S/C7H12N2O8/c1-15-7(10)4-2-3-6(17-9(13)14)5-16-8(11)12/h6H,2-5H2,1H3. The van der Waals surface area contributed by atoms with E-state index in [9.17, 15) is 25.0 Å². The molecule has 0 amide bonds. The Bertz CT molecular complexity index is 281. The maximum absolute atomic E-state index is 10.7. The van der Waals surface area contributed by atoms with Crippen LogP contribution in [0.5, 0.6) is 0 Å². The van der Waals surface area contributed by atoms with Crippen molar-refractivity contribution in [1.82, 2.24) is 0 Å². The summed E-state index contributed by atoms with van der Waals surface area (Å²) in [6.07, 6.45) is -0.719. The Morgan fingerprint density at radius 1 is 1.29 bits per heavy atom. The van der Waals surface area contributed by atoms with E-state index in [4.69, 9.17) is 0 Å². The SMILES string of the molecule is COC(=O)CCCC(CO[N+](=O)[O-])O[N+](=O)[O-]. The number of carbonyl (C=O) groups excluding carboxylic acids is 1. The van der Waals surface area contributed by atoms with E-state index in [-0.39, 0.29) is 19.3 Å². The number of ether oxygens (including phenoxy) is 1. The summed E-state index contributed by atoms with van der Waals surface area (Å²) < 4.78 is 4.36. The molecule has 0 aromatic heterocycles. The fourth-order valence-electron chi connectivity index (χ4n) is 1.01. The van der Waals surface area contributed by atoms with Crippen LogP contribution in [0.15, 0.2) is 0 Å². The quantitative estimate of drug-likeness (QED) is 0.321. The second kappa shape index (κ2) is 8.07. The summed E-state index contributed by atoms with van der Waals surface area (Å²) in [5, 5.41) is 17.8. The number of esters is 1. The summed E-state index contributed by atoms with van der Waals surface area (Å²) in [6, 6.07) is 0. The van der Waals surface area contributed by atoms with E-state index in [2.05, 4.69) is 14.4 Å². The van der Waals surface area contributed by atoms with Gasteiger partial charge < -0.3 is 14.4 Å². The summed E-state index contributed by atoms with van der Waals surface area (Å²) in [4.78, 5) is 38.8. The van der Waals surface area contributed by atoms with Gasteiger partial charge in [-0.05, 0) is 12.8 Å². The van der Waals surface area contributed by atoms with E-state index in [1.807, 2.05) is 0 Å². The Morgan fingerprint density at radius 3 is 2.41 bits per heavy atom. The summed E-state index contributed by atoms with van der Waals surface area (Å²) in [7, 11) is 1.21. The number of rotatable bonds is 9. The van der Waals surface area contributed by atoms with Gasteiger partial charge in [-0.15, -0.1) is 20.2 Å². The minimum absolute atomic E-state index is 0.0482. The first-order valence-corrected chi connectivity index (χ1v) is 4.61. The molecular weight excluding hydrogens is 240 g/mol. The van der Waals surface area contributed by atoms with Crippen LogP contribution in [-0.4, -0.2) is 36.0 Å². The molecular formula is C7H12N2O8. The van der Waals surface area contributed by atoms with Crippen LogP contribution in [0.25, 0.3) is 0 Å². The lowest BCUT2D eigenvalue weighted by molar-refractivity contribution is -0.790. The molecule has 1 atom stereocenters. The lowest BCUT2D eigenvalue weighted by Gasteiger charge is -2.12. The Balaban J connectivity index is 3.96. The number of methoxy groups -OCH3 is 1. The van der Waals surface area contributed by atoms with Crippen molar-refractivity contribution in [2.45, 2.75) is 25.4 Å². The third-order valence-corrected chi connectivity index (χ3v) is 1.74. The van der Waals surface area contributed by atoms with Gasteiger partial charge in [-0.2, -0.15) is 0 Å². The summed E-state index contributed by atoms with van der Waals surface area (Å²) in [5.41, 5.74) is 0. The first-order chi connectivity index (χ1) is 7.95. The van der Waals surface area contributed by atoms with Crippen LogP contribution in [0.3, 0.4) is 0 Å². The molecule has 0 saturated carbocycles. The first kappa shape index (κ1) is 14.9. The zero-order valence-corrected chi connectivity index (χ0v) is 9.07. The van der Waals surface area contributed by atoms with Crippen LogP contribution in [0.1, 0.15) is 19.3 Å². The van der Waals surface area contributed by atoms with Gasteiger partial charge in [-0.1, -0.05) is 0 Å². The van der Waals surface area contributed by atoms with Crippen molar-refractivity contribution >= 4 is 5.97 Å². The van der Waals surface area contributed by atoms with Crippen molar-refractivity contribution < 1.29 is 29.4 Å². The Hall–Kier alpha value is -2.13. The number of carbonyl (C=O) groups is 1. The third kappa shape index (κ3) is 8.84. The van der Waals surface area contributed by atoms with Crippen molar-refractivity contribution in [2.24, 2.45) is 0 Å². The van der Waals surface area contributed by atoms with Gasteiger partial charge in [0.25, 0.3) is 10.2 Å². The minimum atomic E-state index is -1.08. The monoisotopic (exact) mass is 252 g/mol. The molecule has 0 bridgehead atoms. The van der Waals surface area contributed by atoms with E-state index in [0.29, 0.717) is 0 Å². The molecule has 0 aliphatic heterocycles. The van der Waals surface area contributed by atoms with Crippen molar-refractivity contribution in [2.75, 3.05) is 13.7 Å². The van der Waals surface area contributed by atoms with Crippen LogP contribution in [0, 0.1) is 20.2 Å². The third-order valence-electron chi connectivity index (χ3n) is 1.74. The molecule has 17 heavy (non-hydrogen) atoms. The number of hydrogen-bond donors (Lipinski definition) is 0. The van der Waals surface area contributed by atoms with Gasteiger partial charge >= 0.3 is 5.97 Å². The van der Waals surface area contributed by atoms with E-state index in [1.165, 1.54) is 7.11 Å². The fourth-order valence-corrected chi connectivity index (χ4v) is 1.01. The van der Waals surface area contributed by atoms with Crippen molar-refractivity contribution in [3.8, 4) is 0 Å². The van der Waals surface area contributed by atoms with Crippen LogP contribution in [-0.2, 0) is 19.2 Å². The Labute approximate surface area is 95.6 Å². The second-order valence-electron chi connectivity index (χ2n) is 2.94. The average molecular weight is 252 g/mol. The zero-order valence-electron chi connectivity index (χ0n) is 9.07. The zero-order chi connectivity index (χ0) is 13.3. The summed E-state index contributed by atoms with van der Waals surface area (Å²) >= 11 is 0. The molecule has 0 rings (SSSR count). The predicted octanol–water partition coefficient (Wildman–Crippen LogP) is 0.115. The molecule has 98 valence electrons. The molecule has 10 heteroatoms. The van der Waals surface area contributed by atoms with Gasteiger partial charge in [0.05, 0.1) is 7.11 Å². The number of hydrogen-bond acceptors (Lipinski definition) is 8. The summed E-state index contributed by atoms with van der Waals surface area (Å²) in [6.45, 7) is -0.560. The van der Waals surface area contributed by atoms with E-state index >= 15 is 0 Å². The minimum Gasteiger partial charge on any atom is -0.469 e. The molecule has 10 nitrogen and oxygen atoms in total. The molecule has 0 N–H and O–H groups in total. The van der Waals surface area contributed by atoms with Gasteiger partial charge in [0.2, 0.25) is 0 Å². The molecule has 0 aliphatic rings. The highest BCUT2D eigenvalue weighted by atomic mass is 17.0. The maximum atomic E-state index is 10.7. The van der Waals surface area contributed by atoms with Crippen molar-refractivity contribution in [1.29, 1.82) is 0 Å². The van der Waals surface area contributed by atoms with Gasteiger partial charge in [0, 0.05) is 6.42 Å². The highest BCUT2D eigenvalue weighted by Crippen LogP contribution is 2.07. The summed E-state index contributed by atoms with van der Waals surface area (Å²) in [5.74, 6) is -0.472. The fraction of sp³-hybridized carbons (Fsp3) is 0.857. The maximum Gasteiger partial charge on any atom is 0.305 e. The second-order valence-corrected chi connectivity index (χ2v) is 2.94. The predicted molar refractivity (Wildman–Crippen MR) is 50.7 cm³/mol. The molecule has 0 radical (unpaired) electrons. The topological polar surface area (TPSA) is 131 Å². The molecule has 1 unspecified atom stereocenters. The lowest BCUT2D eigenvalue weighted by Crippen LogP contribution is -2.24. The largest absolute Gasteiger partial charge is 0.469 e. The molecule has 0 aliphatic carbocycles. The van der Waals surface area contributed by atoms with Crippen molar-refractivity contribution in [3.05, 3.63) is 20.2 Å². The van der Waals surface area contributed by atoms with Gasteiger partial charge in [0.1, 0.15) is 12.7 Å². The van der Waals surface area contributed by atoms with E-state index in [0.717, 1.165) is 0 Å². The number of nitrogens with zero attached hydrogens (tertiary/aromatic N) is 2. The van der Waals surface area contributed by atoms with Crippen LogP contribution in [0.4, 0.5) is 0 Å². The molecule has 0 saturated heterocycles. The van der Waals surface area contributed by atoms with Crippen molar-refractivity contribution in [3.63, 3.8) is 0 Å². The van der Waals surface area contributed by atoms with Crippen LogP contribution >= 0.6 is 0 Å². The molecule has 0 aromatic carbocycles. The van der Waals surface area contributed by atoms with E-state index in [1.54, 1.807) is 0 Å². The Morgan fingerprint density at radius 2 is 1.94 bits per heavy atom. The van der Waals surface area contributed by atoms with Gasteiger partial charge in [-0.3, -0.25) is 4.79 Å². The average Bonchev–Trinajstić information content (AvgIpc) is 2.24. The van der Waals surface area contributed by atoms with Gasteiger partial charge in [-0.25, -0.2) is 0 Å². The molecule has 0 fully saturated rings. The highest BCUT2D eigenvalue weighted by Gasteiger charge is 2.16. The van der Waals surface area contributed by atoms with Crippen LogP contribution < -0.4 is 0 Å². The van der Waals surface area contributed by atoms with Gasteiger partial charge in [0.15, 0.2) is 0 Å². The molecule has 0 aromatic rings. The Kier molecular flexibility index (Phi) is 7.06. The first-order valence-electron chi connectivity index (χ1n) is 4.61. The molecule has 0 heterocycles.